The number of unbranched alkanes of at least 4 members (excludes halogenated alkanes) is 10. The van der Waals surface area contributed by atoms with Crippen molar-refractivity contribution in [1.29, 1.82) is 0 Å². The summed E-state index contributed by atoms with van der Waals surface area (Å²) in [6, 6.07) is 40.5. The normalized spacial score (nSPS) is 14.1. The molecule has 8 rings (SSSR count). The van der Waals surface area contributed by atoms with Crippen LogP contribution in [0.5, 0.6) is 0 Å². The average Bonchev–Trinajstić information content (AvgIpc) is 3.80. The molecule has 0 spiro atoms. The van der Waals surface area contributed by atoms with Crippen molar-refractivity contribution in [2.24, 2.45) is 0 Å². The summed E-state index contributed by atoms with van der Waals surface area (Å²) >= 11 is 0. The van der Waals surface area contributed by atoms with Crippen molar-refractivity contribution in [1.82, 2.24) is 9.13 Å². The van der Waals surface area contributed by atoms with Gasteiger partial charge in [0.15, 0.2) is 0 Å². The molecule has 7 aromatic rings. The SMILES string of the molecule is CCCCCCCCC1(CCCCCCCC)c2ccccc2-c2ccc(-n3c4ccccc4c4cc5c(cc43)c3ccccc3n5C(C)CC)cc21. The van der Waals surface area contributed by atoms with Crippen molar-refractivity contribution in [3.05, 3.63) is 114 Å². The first-order chi connectivity index (χ1) is 26.1. The van der Waals surface area contributed by atoms with Crippen LogP contribution >= 0.6 is 0 Å². The van der Waals surface area contributed by atoms with Crippen molar-refractivity contribution in [3.8, 4) is 16.8 Å². The van der Waals surface area contributed by atoms with Crippen LogP contribution in [0.25, 0.3) is 60.4 Å². The van der Waals surface area contributed by atoms with Crippen molar-refractivity contribution >= 4 is 43.6 Å². The van der Waals surface area contributed by atoms with Gasteiger partial charge in [0.1, 0.15) is 0 Å². The monoisotopic (exact) mass is 700 g/mol. The quantitative estimate of drug-likeness (QED) is 0.0837. The Bertz CT molecular complexity index is 2330. The van der Waals surface area contributed by atoms with Gasteiger partial charge in [-0.15, -0.1) is 0 Å². The molecule has 1 unspecified atom stereocenters. The second-order valence-electron chi connectivity index (χ2n) is 16.3. The Hall–Kier alpha value is -4.30. The van der Waals surface area contributed by atoms with Gasteiger partial charge in [-0.3, -0.25) is 0 Å². The van der Waals surface area contributed by atoms with Gasteiger partial charge in [-0.25, -0.2) is 0 Å². The number of hydrogen-bond donors (Lipinski definition) is 0. The molecule has 0 radical (unpaired) electrons. The van der Waals surface area contributed by atoms with E-state index in [0.717, 1.165) is 6.42 Å². The predicted molar refractivity (Wildman–Crippen MR) is 231 cm³/mol. The summed E-state index contributed by atoms with van der Waals surface area (Å²) < 4.78 is 5.17. The highest BCUT2D eigenvalue weighted by atomic mass is 15.0. The number of para-hydroxylation sites is 2. The molecule has 1 atom stereocenters. The third-order valence-corrected chi connectivity index (χ3v) is 13.0. The molecule has 2 heterocycles. The molecule has 53 heavy (non-hydrogen) atoms. The molecule has 0 saturated carbocycles. The molecule has 0 bridgehead atoms. The van der Waals surface area contributed by atoms with Gasteiger partial charge in [-0.05, 0) is 84.8 Å². The summed E-state index contributed by atoms with van der Waals surface area (Å²) in [5.41, 5.74) is 12.7. The van der Waals surface area contributed by atoms with E-state index in [2.05, 4.69) is 140 Å². The first kappa shape index (κ1) is 35.7. The smallest absolute Gasteiger partial charge is 0.0548 e. The molecule has 1 aliphatic rings. The highest BCUT2D eigenvalue weighted by Gasteiger charge is 2.42. The molecule has 274 valence electrons. The van der Waals surface area contributed by atoms with Crippen molar-refractivity contribution in [2.45, 2.75) is 135 Å². The Kier molecular flexibility index (Phi) is 10.5. The van der Waals surface area contributed by atoms with Crippen LogP contribution in [0.1, 0.15) is 141 Å². The molecule has 2 aromatic heterocycles. The van der Waals surface area contributed by atoms with E-state index in [-0.39, 0.29) is 5.41 Å². The molecule has 0 aliphatic heterocycles. The molecule has 1 aliphatic carbocycles. The van der Waals surface area contributed by atoms with Crippen LogP contribution < -0.4 is 0 Å². The second-order valence-corrected chi connectivity index (χ2v) is 16.3. The molecule has 2 nitrogen and oxygen atoms in total. The fourth-order valence-electron chi connectivity index (χ4n) is 10.1. The lowest BCUT2D eigenvalue weighted by Crippen LogP contribution is -2.25. The van der Waals surface area contributed by atoms with Crippen molar-refractivity contribution in [2.75, 3.05) is 0 Å². The number of benzene rings is 5. The third kappa shape index (κ3) is 6.30. The van der Waals surface area contributed by atoms with Crippen LogP contribution in [0, 0.1) is 0 Å². The third-order valence-electron chi connectivity index (χ3n) is 13.0. The molecule has 2 heteroatoms. The molecule has 0 amide bonds. The first-order valence-electron chi connectivity index (χ1n) is 21.3. The number of nitrogens with zero attached hydrogens (tertiary/aromatic N) is 2. The Labute approximate surface area is 318 Å². The van der Waals surface area contributed by atoms with Gasteiger partial charge in [-0.1, -0.05) is 165 Å². The number of fused-ring (bicyclic) bond motifs is 9. The zero-order chi connectivity index (χ0) is 36.4. The van der Waals surface area contributed by atoms with Crippen molar-refractivity contribution in [3.63, 3.8) is 0 Å². The standard InChI is InChI=1S/C51H60N2/c1-5-8-10-12-14-22-32-51(33-23-15-13-11-9-6-2)45-27-19-16-24-39(45)40-31-30-38(34-46(40)51)53-48-29-21-18-26-42(48)44-35-49-43(36-50(44)53)41-25-17-20-28-47(41)52(49)37(4)7-3/h16-21,24-31,34-37H,5-15,22-23,32-33H2,1-4H3. The van der Waals surface area contributed by atoms with Gasteiger partial charge in [0.2, 0.25) is 0 Å². The fourth-order valence-corrected chi connectivity index (χ4v) is 10.1. The van der Waals surface area contributed by atoms with Crippen molar-refractivity contribution < 1.29 is 0 Å². The maximum absolute atomic E-state index is 2.63. The molecular formula is C51H60N2. The minimum Gasteiger partial charge on any atom is -0.338 e. The van der Waals surface area contributed by atoms with Crippen LogP contribution in [-0.2, 0) is 5.41 Å². The van der Waals surface area contributed by atoms with Gasteiger partial charge < -0.3 is 9.13 Å². The highest BCUT2D eigenvalue weighted by molar-refractivity contribution is 6.18. The minimum atomic E-state index is 0.0627. The summed E-state index contributed by atoms with van der Waals surface area (Å²) in [6.07, 6.45) is 19.6. The lowest BCUT2D eigenvalue weighted by Gasteiger charge is -2.33. The maximum atomic E-state index is 2.63. The number of aromatic nitrogens is 2. The number of rotatable bonds is 17. The van der Waals surface area contributed by atoms with Gasteiger partial charge in [0, 0.05) is 44.2 Å². The summed E-state index contributed by atoms with van der Waals surface area (Å²) in [5, 5.41) is 5.38. The first-order valence-corrected chi connectivity index (χ1v) is 21.3. The van der Waals surface area contributed by atoms with E-state index in [1.807, 2.05) is 0 Å². The van der Waals surface area contributed by atoms with Gasteiger partial charge in [0.25, 0.3) is 0 Å². The fraction of sp³-hybridized carbons (Fsp3) is 0.412. The molecule has 0 saturated heterocycles. The van der Waals surface area contributed by atoms with Crippen LogP contribution in [0.3, 0.4) is 0 Å². The average molecular weight is 701 g/mol. The van der Waals surface area contributed by atoms with Crippen LogP contribution in [0.2, 0.25) is 0 Å². The molecule has 5 aromatic carbocycles. The Balaban J connectivity index is 1.29. The van der Waals surface area contributed by atoms with Gasteiger partial charge in [-0.2, -0.15) is 0 Å². The topological polar surface area (TPSA) is 9.86 Å². The highest BCUT2D eigenvalue weighted by Crippen LogP contribution is 2.55. The summed E-state index contributed by atoms with van der Waals surface area (Å²) in [6.45, 7) is 9.32. The lowest BCUT2D eigenvalue weighted by atomic mass is 9.70. The van der Waals surface area contributed by atoms with E-state index in [9.17, 15) is 0 Å². The molecule has 0 fully saturated rings. The van der Waals surface area contributed by atoms with E-state index in [4.69, 9.17) is 0 Å². The van der Waals surface area contributed by atoms with Crippen LogP contribution in [-0.4, -0.2) is 9.13 Å². The Morgan fingerprint density at radius 3 is 1.72 bits per heavy atom. The van der Waals surface area contributed by atoms with Gasteiger partial charge >= 0.3 is 0 Å². The Morgan fingerprint density at radius 1 is 0.472 bits per heavy atom. The predicted octanol–water partition coefficient (Wildman–Crippen LogP) is 15.6. The van der Waals surface area contributed by atoms with E-state index in [1.165, 1.54) is 150 Å². The largest absolute Gasteiger partial charge is 0.338 e. The van der Waals surface area contributed by atoms with Crippen LogP contribution in [0.15, 0.2) is 103 Å². The second kappa shape index (κ2) is 15.6. The minimum absolute atomic E-state index is 0.0627. The maximum Gasteiger partial charge on any atom is 0.0548 e. The Morgan fingerprint density at radius 2 is 1.02 bits per heavy atom. The summed E-state index contributed by atoms with van der Waals surface area (Å²) in [4.78, 5) is 0. The van der Waals surface area contributed by atoms with E-state index >= 15 is 0 Å². The summed E-state index contributed by atoms with van der Waals surface area (Å²) in [5.74, 6) is 0. The van der Waals surface area contributed by atoms with Gasteiger partial charge in [0.05, 0.1) is 16.6 Å². The zero-order valence-electron chi connectivity index (χ0n) is 32.9. The summed E-state index contributed by atoms with van der Waals surface area (Å²) in [7, 11) is 0. The van der Waals surface area contributed by atoms with E-state index in [0.29, 0.717) is 6.04 Å². The van der Waals surface area contributed by atoms with Crippen LogP contribution in [0.4, 0.5) is 0 Å². The van der Waals surface area contributed by atoms with E-state index < -0.39 is 0 Å². The number of hydrogen-bond acceptors (Lipinski definition) is 0. The van der Waals surface area contributed by atoms with E-state index in [1.54, 1.807) is 11.1 Å². The molecular weight excluding hydrogens is 641 g/mol. The lowest BCUT2D eigenvalue weighted by molar-refractivity contribution is 0.398. The zero-order valence-corrected chi connectivity index (χ0v) is 32.9. The molecule has 0 N–H and O–H groups in total.